The van der Waals surface area contributed by atoms with E-state index in [1.165, 1.54) is 29.7 Å². The summed E-state index contributed by atoms with van der Waals surface area (Å²) >= 11 is 0. The molecule has 21 heavy (non-hydrogen) atoms. The molecule has 0 aromatic heterocycles. The Bertz CT molecular complexity index is 538. The van der Waals surface area contributed by atoms with Crippen LogP contribution < -0.4 is 5.32 Å². The number of rotatable bonds is 4. The first kappa shape index (κ1) is 14.2. The molecule has 1 atom stereocenters. The van der Waals surface area contributed by atoms with E-state index in [-0.39, 0.29) is 0 Å². The van der Waals surface area contributed by atoms with Gasteiger partial charge in [0.2, 0.25) is 0 Å². The Morgan fingerprint density at radius 2 is 1.81 bits per heavy atom. The van der Waals surface area contributed by atoms with E-state index in [0.717, 1.165) is 19.6 Å². The number of likely N-dealkylation sites (N-methyl/N-ethyl adjacent to an activating group) is 1. The van der Waals surface area contributed by atoms with Gasteiger partial charge in [-0.15, -0.1) is 0 Å². The molecule has 0 amide bonds. The Balaban J connectivity index is 1.68. The lowest BCUT2D eigenvalue weighted by Gasteiger charge is -2.30. The maximum atomic E-state index is 3.63. The van der Waals surface area contributed by atoms with Gasteiger partial charge in [-0.1, -0.05) is 55.5 Å². The van der Waals surface area contributed by atoms with Crippen molar-refractivity contribution in [1.82, 2.24) is 4.90 Å². The van der Waals surface area contributed by atoms with Crippen molar-refractivity contribution in [3.63, 3.8) is 0 Å². The Morgan fingerprint density at radius 1 is 1.05 bits per heavy atom. The molecule has 1 aliphatic heterocycles. The molecule has 2 nitrogen and oxygen atoms in total. The molecule has 110 valence electrons. The quantitative estimate of drug-likeness (QED) is 0.912. The smallest absolute Gasteiger partial charge is 0.0373 e. The number of anilines is 1. The molecule has 2 heteroatoms. The Kier molecular flexibility index (Phi) is 4.56. The van der Waals surface area contributed by atoms with E-state index in [2.05, 4.69) is 71.7 Å². The van der Waals surface area contributed by atoms with Gasteiger partial charge in [0.1, 0.15) is 0 Å². The Hall–Kier alpha value is -1.80. The highest BCUT2D eigenvalue weighted by Crippen LogP contribution is 2.23. The highest BCUT2D eigenvalue weighted by molar-refractivity contribution is 5.52. The van der Waals surface area contributed by atoms with Crippen molar-refractivity contribution in [1.29, 1.82) is 0 Å². The summed E-state index contributed by atoms with van der Waals surface area (Å²) in [6.45, 7) is 5.44. The second-order valence-electron chi connectivity index (χ2n) is 5.78. The molecule has 0 aliphatic carbocycles. The fourth-order valence-electron chi connectivity index (χ4n) is 3.19. The van der Waals surface area contributed by atoms with E-state index >= 15 is 0 Å². The van der Waals surface area contributed by atoms with E-state index in [1.807, 2.05) is 0 Å². The van der Waals surface area contributed by atoms with E-state index in [9.17, 15) is 0 Å². The topological polar surface area (TPSA) is 15.3 Å². The molecule has 2 aromatic rings. The SMILES string of the molecule is CCN(Cc1ccccc1)C1CCc2ccccc2NC1. The fraction of sp³-hybridized carbons (Fsp3) is 0.368. The van der Waals surface area contributed by atoms with Gasteiger partial charge in [0.15, 0.2) is 0 Å². The van der Waals surface area contributed by atoms with Gasteiger partial charge in [0, 0.05) is 24.8 Å². The molecule has 1 N–H and O–H groups in total. The van der Waals surface area contributed by atoms with Crippen LogP contribution in [0.15, 0.2) is 54.6 Å². The van der Waals surface area contributed by atoms with Crippen molar-refractivity contribution in [2.45, 2.75) is 32.4 Å². The summed E-state index contributed by atoms with van der Waals surface area (Å²) in [5, 5.41) is 3.63. The van der Waals surface area contributed by atoms with Crippen LogP contribution in [0, 0.1) is 0 Å². The molecule has 0 saturated heterocycles. The normalized spacial score (nSPS) is 17.9. The zero-order valence-corrected chi connectivity index (χ0v) is 12.8. The first-order valence-electron chi connectivity index (χ1n) is 7.96. The fourth-order valence-corrected chi connectivity index (χ4v) is 3.19. The van der Waals surface area contributed by atoms with Gasteiger partial charge in [-0.2, -0.15) is 0 Å². The number of benzene rings is 2. The third-order valence-electron chi connectivity index (χ3n) is 4.44. The molecule has 0 radical (unpaired) electrons. The molecule has 1 unspecified atom stereocenters. The number of para-hydroxylation sites is 1. The van der Waals surface area contributed by atoms with Crippen LogP contribution in [0.1, 0.15) is 24.5 Å². The lowest BCUT2D eigenvalue weighted by Crippen LogP contribution is -2.39. The molecule has 3 rings (SSSR count). The minimum absolute atomic E-state index is 0.600. The number of aryl methyl sites for hydroxylation is 1. The second-order valence-corrected chi connectivity index (χ2v) is 5.78. The van der Waals surface area contributed by atoms with Gasteiger partial charge < -0.3 is 5.32 Å². The van der Waals surface area contributed by atoms with Crippen molar-refractivity contribution in [3.8, 4) is 0 Å². The van der Waals surface area contributed by atoms with E-state index in [4.69, 9.17) is 0 Å². The third-order valence-corrected chi connectivity index (χ3v) is 4.44. The van der Waals surface area contributed by atoms with Gasteiger partial charge in [-0.05, 0) is 36.6 Å². The average Bonchev–Trinajstić information content (AvgIpc) is 2.76. The van der Waals surface area contributed by atoms with Crippen LogP contribution in [0.25, 0.3) is 0 Å². The van der Waals surface area contributed by atoms with Crippen LogP contribution in [0.5, 0.6) is 0 Å². The van der Waals surface area contributed by atoms with Gasteiger partial charge >= 0.3 is 0 Å². The summed E-state index contributed by atoms with van der Waals surface area (Å²) < 4.78 is 0. The monoisotopic (exact) mass is 280 g/mol. The molecule has 2 aromatic carbocycles. The van der Waals surface area contributed by atoms with Gasteiger partial charge in [-0.25, -0.2) is 0 Å². The molecule has 0 spiro atoms. The number of nitrogens with one attached hydrogen (secondary N) is 1. The summed E-state index contributed by atoms with van der Waals surface area (Å²) in [4.78, 5) is 2.59. The number of fused-ring (bicyclic) bond motifs is 1. The summed E-state index contributed by atoms with van der Waals surface area (Å²) in [6.07, 6.45) is 2.39. The molecular weight excluding hydrogens is 256 g/mol. The lowest BCUT2D eigenvalue weighted by atomic mass is 10.0. The van der Waals surface area contributed by atoms with Crippen molar-refractivity contribution >= 4 is 5.69 Å². The van der Waals surface area contributed by atoms with Crippen LogP contribution in [0.4, 0.5) is 5.69 Å². The summed E-state index contributed by atoms with van der Waals surface area (Å²) in [5.74, 6) is 0. The number of nitrogens with zero attached hydrogens (tertiary/aromatic N) is 1. The molecule has 0 fully saturated rings. The van der Waals surface area contributed by atoms with Crippen LogP contribution in [0.2, 0.25) is 0 Å². The largest absolute Gasteiger partial charge is 0.383 e. The van der Waals surface area contributed by atoms with Gasteiger partial charge in [-0.3, -0.25) is 4.90 Å². The standard InChI is InChI=1S/C19H24N2/c1-2-21(15-16-8-4-3-5-9-16)18-13-12-17-10-6-7-11-19(17)20-14-18/h3-11,18,20H,2,12-15H2,1H3. The van der Waals surface area contributed by atoms with Crippen LogP contribution in [-0.2, 0) is 13.0 Å². The molecule has 1 aliphatic rings. The first-order valence-corrected chi connectivity index (χ1v) is 7.96. The first-order chi connectivity index (χ1) is 10.4. The average molecular weight is 280 g/mol. The highest BCUT2D eigenvalue weighted by atomic mass is 15.2. The summed E-state index contributed by atoms with van der Waals surface area (Å²) in [5.41, 5.74) is 4.17. The maximum absolute atomic E-state index is 3.63. The zero-order chi connectivity index (χ0) is 14.5. The molecule has 0 bridgehead atoms. The van der Waals surface area contributed by atoms with Crippen molar-refractivity contribution < 1.29 is 0 Å². The lowest BCUT2D eigenvalue weighted by molar-refractivity contribution is 0.197. The second kappa shape index (κ2) is 6.77. The minimum Gasteiger partial charge on any atom is -0.383 e. The van der Waals surface area contributed by atoms with Crippen molar-refractivity contribution in [2.24, 2.45) is 0 Å². The third kappa shape index (κ3) is 3.45. The van der Waals surface area contributed by atoms with Crippen LogP contribution in [0.3, 0.4) is 0 Å². The maximum Gasteiger partial charge on any atom is 0.0373 e. The predicted molar refractivity (Wildman–Crippen MR) is 89.6 cm³/mol. The number of hydrogen-bond acceptors (Lipinski definition) is 2. The predicted octanol–water partition coefficient (Wildman–Crippen LogP) is 3.94. The van der Waals surface area contributed by atoms with Crippen molar-refractivity contribution in [3.05, 3.63) is 65.7 Å². The van der Waals surface area contributed by atoms with Gasteiger partial charge in [0.25, 0.3) is 0 Å². The zero-order valence-electron chi connectivity index (χ0n) is 12.8. The summed E-state index contributed by atoms with van der Waals surface area (Å²) in [6, 6.07) is 20.1. The van der Waals surface area contributed by atoms with Crippen LogP contribution >= 0.6 is 0 Å². The van der Waals surface area contributed by atoms with Crippen LogP contribution in [-0.4, -0.2) is 24.0 Å². The Morgan fingerprint density at radius 3 is 2.62 bits per heavy atom. The number of hydrogen-bond donors (Lipinski definition) is 1. The van der Waals surface area contributed by atoms with E-state index < -0.39 is 0 Å². The molecular formula is C19H24N2. The summed E-state index contributed by atoms with van der Waals surface area (Å²) in [7, 11) is 0. The minimum atomic E-state index is 0.600. The Labute approximate surface area is 127 Å². The van der Waals surface area contributed by atoms with E-state index in [1.54, 1.807) is 0 Å². The van der Waals surface area contributed by atoms with Gasteiger partial charge in [0.05, 0.1) is 0 Å². The van der Waals surface area contributed by atoms with Crippen molar-refractivity contribution in [2.75, 3.05) is 18.4 Å². The highest BCUT2D eigenvalue weighted by Gasteiger charge is 2.20. The van der Waals surface area contributed by atoms with E-state index in [0.29, 0.717) is 6.04 Å². The molecule has 1 heterocycles. The molecule has 0 saturated carbocycles.